The number of aromatic amines is 1. The Bertz CT molecular complexity index is 1320. The maximum absolute atomic E-state index is 12.7. The maximum atomic E-state index is 12.7. The number of fused-ring (bicyclic) bond motifs is 2. The second kappa shape index (κ2) is 8.32. The highest BCUT2D eigenvalue weighted by molar-refractivity contribution is 5.78. The standard InChI is InChI=1S/C21H23N11O2/c1-31-10-12-6-14(2-3-15(12)29-31)24-21-22-8-13(9-23-21)20-28-27-18(34-20)7-19(33)32-5-4-16-17(11-32)26-30-25-16/h8-10,14H,2-7,11H2,1H3,(H,22,23,24)(H,25,26,30). The summed E-state index contributed by atoms with van der Waals surface area (Å²) in [4.78, 5) is 23.2. The maximum Gasteiger partial charge on any atom is 0.250 e. The third-order valence-corrected chi connectivity index (χ3v) is 6.20. The fraction of sp³-hybridized carbons (Fsp3) is 0.429. The molecule has 5 heterocycles. The first kappa shape index (κ1) is 20.4. The van der Waals surface area contributed by atoms with Gasteiger partial charge in [-0.2, -0.15) is 20.5 Å². The average Bonchev–Trinajstić information content (AvgIpc) is 3.58. The van der Waals surface area contributed by atoms with Crippen molar-refractivity contribution in [3.8, 4) is 11.5 Å². The van der Waals surface area contributed by atoms with Crippen LogP contribution < -0.4 is 5.32 Å². The number of amides is 1. The molecule has 0 fully saturated rings. The molecule has 174 valence electrons. The Balaban J connectivity index is 1.06. The monoisotopic (exact) mass is 461 g/mol. The molecule has 0 spiro atoms. The van der Waals surface area contributed by atoms with Gasteiger partial charge in [0.1, 0.15) is 12.1 Å². The number of nitrogens with one attached hydrogen (secondary N) is 2. The van der Waals surface area contributed by atoms with Crippen molar-refractivity contribution in [1.29, 1.82) is 0 Å². The Morgan fingerprint density at radius 2 is 2.03 bits per heavy atom. The number of carbonyl (C=O) groups is 1. The first-order chi connectivity index (χ1) is 16.6. The molecule has 13 heteroatoms. The summed E-state index contributed by atoms with van der Waals surface area (Å²) >= 11 is 0. The smallest absolute Gasteiger partial charge is 0.250 e. The third-order valence-electron chi connectivity index (χ3n) is 6.20. The van der Waals surface area contributed by atoms with E-state index in [1.54, 1.807) is 17.3 Å². The molecule has 0 aromatic carbocycles. The van der Waals surface area contributed by atoms with E-state index in [1.165, 1.54) is 11.3 Å². The van der Waals surface area contributed by atoms with E-state index in [0.29, 0.717) is 31.0 Å². The number of nitrogens with zero attached hydrogens (tertiary/aromatic N) is 9. The van der Waals surface area contributed by atoms with Crippen molar-refractivity contribution < 1.29 is 9.21 Å². The van der Waals surface area contributed by atoms with Gasteiger partial charge in [-0.25, -0.2) is 9.97 Å². The van der Waals surface area contributed by atoms with E-state index in [1.807, 2.05) is 11.7 Å². The minimum atomic E-state index is -0.0936. The second-order valence-corrected chi connectivity index (χ2v) is 8.61. The molecule has 4 aromatic heterocycles. The van der Waals surface area contributed by atoms with E-state index in [0.717, 1.165) is 30.7 Å². The molecule has 0 saturated heterocycles. The molecule has 0 bridgehead atoms. The minimum Gasteiger partial charge on any atom is -0.420 e. The van der Waals surface area contributed by atoms with Crippen molar-refractivity contribution in [2.75, 3.05) is 11.9 Å². The van der Waals surface area contributed by atoms with Crippen molar-refractivity contribution in [2.24, 2.45) is 7.05 Å². The zero-order valence-electron chi connectivity index (χ0n) is 18.6. The summed E-state index contributed by atoms with van der Waals surface area (Å²) in [7, 11) is 1.95. The topological polar surface area (TPSA) is 156 Å². The molecule has 34 heavy (non-hydrogen) atoms. The van der Waals surface area contributed by atoms with Crippen molar-refractivity contribution >= 4 is 11.9 Å². The summed E-state index contributed by atoms with van der Waals surface area (Å²) in [6.45, 7) is 1.02. The van der Waals surface area contributed by atoms with E-state index in [-0.39, 0.29) is 30.2 Å². The molecule has 1 aliphatic carbocycles. The molecule has 1 unspecified atom stereocenters. The van der Waals surface area contributed by atoms with Crippen molar-refractivity contribution in [2.45, 2.75) is 44.7 Å². The van der Waals surface area contributed by atoms with Crippen molar-refractivity contribution in [3.05, 3.63) is 47.1 Å². The van der Waals surface area contributed by atoms with Gasteiger partial charge < -0.3 is 14.6 Å². The van der Waals surface area contributed by atoms with Gasteiger partial charge >= 0.3 is 0 Å². The zero-order chi connectivity index (χ0) is 23.1. The summed E-state index contributed by atoms with van der Waals surface area (Å²) in [6.07, 6.45) is 8.87. The number of anilines is 1. The van der Waals surface area contributed by atoms with Crippen LogP contribution in [0.1, 0.15) is 35.0 Å². The Morgan fingerprint density at radius 3 is 2.91 bits per heavy atom. The van der Waals surface area contributed by atoms with Gasteiger partial charge in [-0.05, 0) is 24.8 Å². The van der Waals surface area contributed by atoms with E-state index in [2.05, 4.69) is 52.2 Å². The van der Waals surface area contributed by atoms with Crippen LogP contribution in [0.5, 0.6) is 0 Å². The SMILES string of the molecule is Cn1cc2c(n1)CCC(Nc1ncc(-c3nnc(CC(=O)N4CCc5n[nH]nc5C4)o3)cn1)C2. The number of hydrogen-bond donors (Lipinski definition) is 2. The molecule has 1 amide bonds. The summed E-state index contributed by atoms with van der Waals surface area (Å²) in [5, 5.41) is 26.8. The van der Waals surface area contributed by atoms with Gasteiger partial charge in [-0.3, -0.25) is 9.48 Å². The number of hydrogen-bond acceptors (Lipinski definition) is 10. The van der Waals surface area contributed by atoms with E-state index < -0.39 is 0 Å². The van der Waals surface area contributed by atoms with Gasteiger partial charge in [0.2, 0.25) is 17.7 Å². The Morgan fingerprint density at radius 1 is 1.18 bits per heavy atom. The molecular formula is C21H23N11O2. The van der Waals surface area contributed by atoms with Gasteiger partial charge in [0.25, 0.3) is 5.89 Å². The summed E-state index contributed by atoms with van der Waals surface area (Å²) in [5.41, 5.74) is 4.74. The van der Waals surface area contributed by atoms with Gasteiger partial charge in [0.05, 0.1) is 23.5 Å². The molecule has 13 nitrogen and oxygen atoms in total. The highest BCUT2D eigenvalue weighted by Crippen LogP contribution is 2.23. The molecule has 1 aliphatic heterocycles. The van der Waals surface area contributed by atoms with Crippen molar-refractivity contribution in [1.82, 2.24) is 50.3 Å². The quantitative estimate of drug-likeness (QED) is 0.428. The number of rotatable bonds is 5. The van der Waals surface area contributed by atoms with Crippen LogP contribution in [0.15, 0.2) is 23.0 Å². The molecule has 6 rings (SSSR count). The lowest BCUT2D eigenvalue weighted by atomic mass is 9.94. The van der Waals surface area contributed by atoms with Crippen LogP contribution in [0.4, 0.5) is 5.95 Å². The lowest BCUT2D eigenvalue weighted by molar-refractivity contribution is -0.131. The molecule has 0 radical (unpaired) electrons. The van der Waals surface area contributed by atoms with Crippen LogP contribution in [0.3, 0.4) is 0 Å². The van der Waals surface area contributed by atoms with Gasteiger partial charge in [0, 0.05) is 44.6 Å². The molecule has 0 saturated carbocycles. The van der Waals surface area contributed by atoms with Crippen LogP contribution in [0.2, 0.25) is 0 Å². The lowest BCUT2D eigenvalue weighted by Gasteiger charge is -2.24. The highest BCUT2D eigenvalue weighted by Gasteiger charge is 2.25. The van der Waals surface area contributed by atoms with Gasteiger partial charge in [-0.15, -0.1) is 10.2 Å². The van der Waals surface area contributed by atoms with E-state index in [9.17, 15) is 4.79 Å². The minimum absolute atomic E-state index is 0.0265. The molecular weight excluding hydrogens is 438 g/mol. The fourth-order valence-corrected chi connectivity index (χ4v) is 4.46. The number of aromatic nitrogens is 9. The number of aryl methyl sites for hydroxylation is 2. The van der Waals surface area contributed by atoms with E-state index in [4.69, 9.17) is 4.42 Å². The zero-order valence-corrected chi connectivity index (χ0v) is 18.6. The predicted molar refractivity (Wildman–Crippen MR) is 117 cm³/mol. The van der Waals surface area contributed by atoms with Gasteiger partial charge in [0.15, 0.2) is 0 Å². The largest absolute Gasteiger partial charge is 0.420 e. The molecule has 2 N–H and O–H groups in total. The van der Waals surface area contributed by atoms with E-state index >= 15 is 0 Å². The third kappa shape index (κ3) is 4.00. The highest BCUT2D eigenvalue weighted by atomic mass is 16.4. The van der Waals surface area contributed by atoms with Crippen LogP contribution in [0, 0.1) is 0 Å². The van der Waals surface area contributed by atoms with Crippen molar-refractivity contribution in [3.63, 3.8) is 0 Å². The normalized spacial score (nSPS) is 17.3. The van der Waals surface area contributed by atoms with Crippen LogP contribution in [-0.2, 0) is 44.1 Å². The average molecular weight is 461 g/mol. The fourth-order valence-electron chi connectivity index (χ4n) is 4.46. The summed E-state index contributed by atoms with van der Waals surface area (Å²) in [5.74, 6) is 0.990. The molecule has 1 atom stereocenters. The summed E-state index contributed by atoms with van der Waals surface area (Å²) < 4.78 is 7.57. The molecule has 4 aromatic rings. The van der Waals surface area contributed by atoms with Crippen LogP contribution >= 0.6 is 0 Å². The van der Waals surface area contributed by atoms with Gasteiger partial charge in [-0.1, -0.05) is 0 Å². The summed E-state index contributed by atoms with van der Waals surface area (Å²) in [6, 6.07) is 0.256. The number of H-pyrrole nitrogens is 1. The Hall–Kier alpha value is -4.16. The second-order valence-electron chi connectivity index (χ2n) is 8.61. The first-order valence-electron chi connectivity index (χ1n) is 11.2. The Kier molecular flexibility index (Phi) is 5.00. The molecule has 2 aliphatic rings. The predicted octanol–water partition coefficient (Wildman–Crippen LogP) is 0.475. The first-order valence-corrected chi connectivity index (χ1v) is 11.2. The lowest BCUT2D eigenvalue weighted by Crippen LogP contribution is -2.37. The number of carbonyl (C=O) groups excluding carboxylic acids is 1. The van der Waals surface area contributed by atoms with Crippen LogP contribution in [0.25, 0.3) is 11.5 Å². The Labute approximate surface area is 194 Å². The van der Waals surface area contributed by atoms with Crippen LogP contribution in [-0.4, -0.2) is 68.8 Å².